The summed E-state index contributed by atoms with van der Waals surface area (Å²) in [6.07, 6.45) is 3.90. The van der Waals surface area contributed by atoms with Crippen LogP contribution in [0.2, 0.25) is 5.02 Å². The van der Waals surface area contributed by atoms with Crippen LogP contribution in [0.3, 0.4) is 0 Å². The van der Waals surface area contributed by atoms with E-state index in [1.165, 1.54) is 47.6 Å². The van der Waals surface area contributed by atoms with E-state index in [1.54, 1.807) is 7.05 Å². The summed E-state index contributed by atoms with van der Waals surface area (Å²) in [6.45, 7) is 0. The standard InChI is InChI=1S/C11H12ClN3O3S2/c1-15-7-11(13-8-15)20(17,18)14-19(2,16)10-5-3-9(12)4-6-10/h3-8H,1-2H3/t19-/m0/s1. The molecule has 0 spiro atoms. The summed E-state index contributed by atoms with van der Waals surface area (Å²) in [7, 11) is -5.53. The maximum absolute atomic E-state index is 12.5. The molecule has 0 N–H and O–H groups in total. The van der Waals surface area contributed by atoms with E-state index in [9.17, 15) is 12.6 Å². The van der Waals surface area contributed by atoms with Crippen LogP contribution in [0.15, 0.2) is 50.5 Å². The van der Waals surface area contributed by atoms with E-state index < -0.39 is 19.8 Å². The van der Waals surface area contributed by atoms with Crippen LogP contribution in [0.25, 0.3) is 0 Å². The number of hydrogen-bond acceptors (Lipinski definition) is 4. The van der Waals surface area contributed by atoms with Crippen molar-refractivity contribution in [3.8, 4) is 0 Å². The molecule has 0 fully saturated rings. The van der Waals surface area contributed by atoms with Crippen molar-refractivity contribution < 1.29 is 12.6 Å². The fourth-order valence-electron chi connectivity index (χ4n) is 1.48. The largest absolute Gasteiger partial charge is 0.339 e. The molecule has 0 amide bonds. The SMILES string of the molecule is Cn1cnc(S(=O)(=O)N=[S@@](C)(=O)c2ccc(Cl)cc2)c1. The van der Waals surface area contributed by atoms with Crippen molar-refractivity contribution in [1.82, 2.24) is 9.55 Å². The second kappa shape index (κ2) is 5.19. The van der Waals surface area contributed by atoms with Crippen molar-refractivity contribution in [2.24, 2.45) is 10.8 Å². The molecule has 0 saturated heterocycles. The van der Waals surface area contributed by atoms with Crippen molar-refractivity contribution in [3.05, 3.63) is 41.8 Å². The average molecular weight is 334 g/mol. The zero-order chi connectivity index (χ0) is 15.0. The van der Waals surface area contributed by atoms with Crippen LogP contribution in [-0.4, -0.2) is 28.4 Å². The number of sulfonamides is 1. The first-order valence-corrected chi connectivity index (χ1v) is 9.17. The third kappa shape index (κ3) is 3.20. The predicted octanol–water partition coefficient (Wildman–Crippen LogP) is 1.92. The molecule has 0 aliphatic carbocycles. The molecule has 0 unspecified atom stereocenters. The zero-order valence-electron chi connectivity index (χ0n) is 10.7. The van der Waals surface area contributed by atoms with Crippen LogP contribution in [0.4, 0.5) is 0 Å². The van der Waals surface area contributed by atoms with E-state index in [4.69, 9.17) is 11.6 Å². The van der Waals surface area contributed by atoms with Gasteiger partial charge in [-0.2, -0.15) is 8.42 Å². The Balaban J connectivity index is 2.53. The fourth-order valence-corrected chi connectivity index (χ4v) is 4.87. The molecule has 1 aromatic heterocycles. The highest BCUT2D eigenvalue weighted by Crippen LogP contribution is 2.19. The predicted molar refractivity (Wildman–Crippen MR) is 76.6 cm³/mol. The number of nitrogens with zero attached hydrogens (tertiary/aromatic N) is 3. The monoisotopic (exact) mass is 333 g/mol. The van der Waals surface area contributed by atoms with Gasteiger partial charge in [0.15, 0.2) is 5.03 Å². The lowest BCUT2D eigenvalue weighted by Gasteiger charge is -2.04. The molecule has 0 radical (unpaired) electrons. The van der Waals surface area contributed by atoms with Gasteiger partial charge in [0.25, 0.3) is 0 Å². The molecule has 108 valence electrons. The zero-order valence-corrected chi connectivity index (χ0v) is 13.1. The molecule has 0 aliphatic rings. The van der Waals surface area contributed by atoms with E-state index in [1.807, 2.05) is 0 Å². The van der Waals surface area contributed by atoms with E-state index in [2.05, 4.69) is 8.75 Å². The number of aromatic nitrogens is 2. The van der Waals surface area contributed by atoms with Gasteiger partial charge in [-0.05, 0) is 24.3 Å². The fraction of sp³-hybridized carbons (Fsp3) is 0.182. The van der Waals surface area contributed by atoms with Crippen molar-refractivity contribution in [2.75, 3.05) is 6.26 Å². The molecular formula is C11H12ClN3O3S2. The van der Waals surface area contributed by atoms with Gasteiger partial charge in [-0.3, -0.25) is 0 Å². The molecule has 9 heteroatoms. The van der Waals surface area contributed by atoms with Crippen LogP contribution >= 0.6 is 11.6 Å². The maximum Gasteiger partial charge on any atom is 0.309 e. The summed E-state index contributed by atoms with van der Waals surface area (Å²) < 4.78 is 41.6. The van der Waals surface area contributed by atoms with Gasteiger partial charge in [-0.15, -0.1) is 3.77 Å². The molecule has 0 aliphatic heterocycles. The molecule has 1 atom stereocenters. The van der Waals surface area contributed by atoms with Crippen LogP contribution in [0.5, 0.6) is 0 Å². The highest BCUT2D eigenvalue weighted by molar-refractivity contribution is 8.02. The molecule has 2 rings (SSSR count). The van der Waals surface area contributed by atoms with Gasteiger partial charge in [0.1, 0.15) is 0 Å². The normalized spacial score (nSPS) is 14.8. The Labute approximate surface area is 122 Å². The molecule has 1 aromatic carbocycles. The molecule has 6 nitrogen and oxygen atoms in total. The highest BCUT2D eigenvalue weighted by Gasteiger charge is 2.19. The van der Waals surface area contributed by atoms with Crippen molar-refractivity contribution in [3.63, 3.8) is 0 Å². The van der Waals surface area contributed by atoms with Gasteiger partial charge in [0.05, 0.1) is 16.1 Å². The molecular weight excluding hydrogens is 322 g/mol. The van der Waals surface area contributed by atoms with Gasteiger partial charge in [0.2, 0.25) is 0 Å². The molecule has 20 heavy (non-hydrogen) atoms. The third-order valence-corrected chi connectivity index (χ3v) is 6.50. The summed E-state index contributed by atoms with van der Waals surface area (Å²) in [5, 5.41) is 0.236. The van der Waals surface area contributed by atoms with Crippen molar-refractivity contribution in [1.29, 1.82) is 0 Å². The number of hydrogen-bond donors (Lipinski definition) is 0. The second-order valence-corrected chi connectivity index (χ2v) is 8.66. The smallest absolute Gasteiger partial charge is 0.309 e. The van der Waals surface area contributed by atoms with Gasteiger partial charge in [-0.1, -0.05) is 11.6 Å². The van der Waals surface area contributed by atoms with Crippen LogP contribution in [0, 0.1) is 0 Å². The highest BCUT2D eigenvalue weighted by atomic mass is 35.5. The number of benzene rings is 1. The minimum Gasteiger partial charge on any atom is -0.339 e. The van der Waals surface area contributed by atoms with Crippen LogP contribution < -0.4 is 0 Å². The topological polar surface area (TPSA) is 81.4 Å². The van der Waals surface area contributed by atoms with Crippen LogP contribution in [-0.2, 0) is 26.8 Å². The van der Waals surface area contributed by atoms with E-state index in [0.717, 1.165) is 0 Å². The lowest BCUT2D eigenvalue weighted by atomic mass is 10.4. The van der Waals surface area contributed by atoms with Crippen molar-refractivity contribution in [2.45, 2.75) is 9.92 Å². The quantitative estimate of drug-likeness (QED) is 0.859. The van der Waals surface area contributed by atoms with Crippen molar-refractivity contribution >= 4 is 31.4 Å². The Morgan fingerprint density at radius 2 is 1.80 bits per heavy atom. The Bertz CT molecular complexity index is 847. The van der Waals surface area contributed by atoms with Crippen LogP contribution in [0.1, 0.15) is 0 Å². The Morgan fingerprint density at radius 1 is 1.20 bits per heavy atom. The summed E-state index contributed by atoms with van der Waals surface area (Å²) in [6, 6.07) is 6.04. The second-order valence-electron chi connectivity index (χ2n) is 4.18. The number of aryl methyl sites for hydroxylation is 1. The lowest BCUT2D eigenvalue weighted by molar-refractivity contribution is 0.595. The molecule has 2 aromatic rings. The average Bonchev–Trinajstić information content (AvgIpc) is 2.76. The van der Waals surface area contributed by atoms with Gasteiger partial charge in [0, 0.05) is 29.4 Å². The summed E-state index contributed by atoms with van der Waals surface area (Å²) in [5.74, 6) is 0. The van der Waals surface area contributed by atoms with Gasteiger partial charge in [-0.25, -0.2) is 9.19 Å². The maximum atomic E-state index is 12.5. The number of rotatable bonds is 3. The first-order valence-electron chi connectivity index (χ1n) is 5.43. The Hall–Kier alpha value is -1.38. The summed E-state index contributed by atoms with van der Waals surface area (Å²) in [5.41, 5.74) is 0. The molecule has 1 heterocycles. The van der Waals surface area contributed by atoms with E-state index in [-0.39, 0.29) is 5.03 Å². The first kappa shape index (κ1) is 15.0. The summed E-state index contributed by atoms with van der Waals surface area (Å²) >= 11 is 5.74. The minimum absolute atomic E-state index is 0.233. The Kier molecular flexibility index (Phi) is 3.90. The molecule has 0 saturated carbocycles. The first-order chi connectivity index (χ1) is 9.21. The van der Waals surface area contributed by atoms with E-state index >= 15 is 0 Å². The lowest BCUT2D eigenvalue weighted by Crippen LogP contribution is -2.05. The minimum atomic E-state index is -4.07. The molecule has 0 bridgehead atoms. The number of imidazole rings is 1. The van der Waals surface area contributed by atoms with Gasteiger partial charge < -0.3 is 4.57 Å². The van der Waals surface area contributed by atoms with E-state index in [0.29, 0.717) is 9.92 Å². The number of halogens is 1. The Morgan fingerprint density at radius 3 is 2.30 bits per heavy atom. The summed E-state index contributed by atoms with van der Waals surface area (Å²) in [4.78, 5) is 4.01. The van der Waals surface area contributed by atoms with Gasteiger partial charge >= 0.3 is 10.0 Å². The third-order valence-electron chi connectivity index (χ3n) is 2.44.